The van der Waals surface area contributed by atoms with E-state index in [-0.39, 0.29) is 0 Å². The molecule has 1 fully saturated rings. The predicted octanol–water partition coefficient (Wildman–Crippen LogP) is 2.91. The summed E-state index contributed by atoms with van der Waals surface area (Å²) in [5, 5.41) is 0. The van der Waals surface area contributed by atoms with Gasteiger partial charge >= 0.3 is 6.18 Å². The van der Waals surface area contributed by atoms with Gasteiger partial charge in [-0.25, -0.2) is 0 Å². The molecule has 1 saturated heterocycles. The average molecular weight is 244 g/mol. The number of hydrogen-bond acceptors (Lipinski definition) is 2. The molecule has 0 amide bonds. The van der Waals surface area contributed by atoms with Crippen LogP contribution in [0.4, 0.5) is 13.2 Å². The number of hydrogen-bond donors (Lipinski definition) is 0. The highest BCUT2D eigenvalue weighted by Gasteiger charge is 2.34. The molecule has 0 bridgehead atoms. The molecular formula is C12H15F3N2. The fourth-order valence-corrected chi connectivity index (χ4v) is 1.96. The first kappa shape index (κ1) is 12.4. The lowest BCUT2D eigenvalue weighted by Gasteiger charge is -2.42. The SMILES string of the molecule is CC(C)N1CC(c2ccc(C(F)(F)F)nc2)C1. The van der Waals surface area contributed by atoms with Crippen molar-refractivity contribution >= 4 is 0 Å². The summed E-state index contributed by atoms with van der Waals surface area (Å²) >= 11 is 0. The minimum atomic E-state index is -4.35. The van der Waals surface area contributed by atoms with Crippen LogP contribution in [0.5, 0.6) is 0 Å². The number of halogens is 3. The van der Waals surface area contributed by atoms with Gasteiger partial charge < -0.3 is 0 Å². The van der Waals surface area contributed by atoms with E-state index in [1.165, 1.54) is 12.3 Å². The predicted molar refractivity (Wildman–Crippen MR) is 58.7 cm³/mol. The lowest BCUT2D eigenvalue weighted by atomic mass is 9.91. The van der Waals surface area contributed by atoms with Gasteiger partial charge in [-0.2, -0.15) is 13.2 Å². The Balaban J connectivity index is 2.01. The molecule has 1 aliphatic rings. The number of likely N-dealkylation sites (tertiary alicyclic amines) is 1. The third-order valence-corrected chi connectivity index (χ3v) is 3.19. The molecule has 94 valence electrons. The van der Waals surface area contributed by atoms with E-state index in [1.54, 1.807) is 0 Å². The molecule has 1 aromatic rings. The van der Waals surface area contributed by atoms with E-state index in [2.05, 4.69) is 23.7 Å². The molecule has 2 rings (SSSR count). The monoisotopic (exact) mass is 244 g/mol. The van der Waals surface area contributed by atoms with Crippen molar-refractivity contribution < 1.29 is 13.2 Å². The molecule has 17 heavy (non-hydrogen) atoms. The zero-order valence-electron chi connectivity index (χ0n) is 9.83. The average Bonchev–Trinajstić information content (AvgIpc) is 2.14. The van der Waals surface area contributed by atoms with Gasteiger partial charge in [0.15, 0.2) is 0 Å². The first-order valence-electron chi connectivity index (χ1n) is 5.65. The van der Waals surface area contributed by atoms with Crippen molar-refractivity contribution in [1.82, 2.24) is 9.88 Å². The molecule has 2 nitrogen and oxygen atoms in total. The molecule has 0 radical (unpaired) electrons. The van der Waals surface area contributed by atoms with E-state index in [0.717, 1.165) is 24.7 Å². The number of alkyl halides is 3. The van der Waals surface area contributed by atoms with E-state index < -0.39 is 11.9 Å². The number of pyridine rings is 1. The fourth-order valence-electron chi connectivity index (χ4n) is 1.96. The first-order chi connectivity index (χ1) is 7.88. The van der Waals surface area contributed by atoms with Gasteiger partial charge in [0.05, 0.1) is 0 Å². The van der Waals surface area contributed by atoms with Crippen LogP contribution in [0.15, 0.2) is 18.3 Å². The summed E-state index contributed by atoms with van der Waals surface area (Å²) < 4.78 is 36.9. The van der Waals surface area contributed by atoms with Crippen molar-refractivity contribution in [2.24, 2.45) is 0 Å². The summed E-state index contributed by atoms with van der Waals surface area (Å²) in [7, 11) is 0. The highest BCUT2D eigenvalue weighted by molar-refractivity contribution is 5.22. The van der Waals surface area contributed by atoms with Gasteiger partial charge in [0.1, 0.15) is 5.69 Å². The lowest BCUT2D eigenvalue weighted by molar-refractivity contribution is -0.141. The largest absolute Gasteiger partial charge is 0.433 e. The molecule has 1 aliphatic heterocycles. The van der Waals surface area contributed by atoms with Gasteiger partial charge in [0.25, 0.3) is 0 Å². The number of aromatic nitrogens is 1. The van der Waals surface area contributed by atoms with Gasteiger partial charge in [0, 0.05) is 31.2 Å². The second-order valence-electron chi connectivity index (χ2n) is 4.72. The molecule has 1 aromatic heterocycles. The molecule has 0 atom stereocenters. The maximum Gasteiger partial charge on any atom is 0.433 e. The summed E-state index contributed by atoms with van der Waals surface area (Å²) in [4.78, 5) is 5.76. The van der Waals surface area contributed by atoms with Crippen LogP contribution in [0.1, 0.15) is 31.0 Å². The van der Waals surface area contributed by atoms with Crippen molar-refractivity contribution in [3.63, 3.8) is 0 Å². The highest BCUT2D eigenvalue weighted by atomic mass is 19.4. The Hall–Kier alpha value is -1.10. The van der Waals surface area contributed by atoms with Crippen molar-refractivity contribution in [2.75, 3.05) is 13.1 Å². The standard InChI is InChI=1S/C12H15F3N2/c1-8(2)17-6-10(7-17)9-3-4-11(16-5-9)12(13,14)15/h3-5,8,10H,6-7H2,1-2H3. The van der Waals surface area contributed by atoms with Crippen LogP contribution >= 0.6 is 0 Å². The third kappa shape index (κ3) is 2.60. The van der Waals surface area contributed by atoms with Crippen molar-refractivity contribution in [2.45, 2.75) is 32.0 Å². The summed E-state index contributed by atoms with van der Waals surface area (Å²) in [6, 6.07) is 3.10. The van der Waals surface area contributed by atoms with Crippen LogP contribution in [0.2, 0.25) is 0 Å². The van der Waals surface area contributed by atoms with Crippen molar-refractivity contribution in [1.29, 1.82) is 0 Å². The summed E-state index contributed by atoms with van der Waals surface area (Å²) in [6.07, 6.45) is -2.99. The molecule has 5 heteroatoms. The maximum atomic E-state index is 12.3. The summed E-state index contributed by atoms with van der Waals surface area (Å²) in [5.41, 5.74) is 0.0798. The maximum absolute atomic E-state index is 12.3. The molecule has 2 heterocycles. The van der Waals surface area contributed by atoms with Crippen molar-refractivity contribution in [3.05, 3.63) is 29.6 Å². The van der Waals surface area contributed by atoms with Gasteiger partial charge in [-0.15, -0.1) is 0 Å². The lowest BCUT2D eigenvalue weighted by Crippen LogP contribution is -2.48. The molecule has 0 spiro atoms. The molecule has 0 aliphatic carbocycles. The Morgan fingerprint density at radius 2 is 1.94 bits per heavy atom. The fraction of sp³-hybridized carbons (Fsp3) is 0.583. The van der Waals surface area contributed by atoms with Crippen LogP contribution in [-0.2, 0) is 6.18 Å². The second-order valence-corrected chi connectivity index (χ2v) is 4.72. The van der Waals surface area contributed by atoms with E-state index in [9.17, 15) is 13.2 Å². The minimum absolute atomic E-state index is 0.326. The van der Waals surface area contributed by atoms with E-state index >= 15 is 0 Å². The van der Waals surface area contributed by atoms with Crippen LogP contribution in [0.25, 0.3) is 0 Å². The Bertz CT molecular complexity index is 378. The first-order valence-corrected chi connectivity index (χ1v) is 5.65. The zero-order chi connectivity index (χ0) is 12.6. The highest BCUT2D eigenvalue weighted by Crippen LogP contribution is 2.31. The summed E-state index contributed by atoms with van der Waals surface area (Å²) in [6.45, 7) is 6.04. The Labute approximate surface area is 98.5 Å². The van der Waals surface area contributed by atoms with E-state index in [1.807, 2.05) is 0 Å². The van der Waals surface area contributed by atoms with Crippen LogP contribution < -0.4 is 0 Å². The minimum Gasteiger partial charge on any atom is -0.300 e. The van der Waals surface area contributed by atoms with Crippen LogP contribution in [-0.4, -0.2) is 29.0 Å². The molecular weight excluding hydrogens is 229 g/mol. The van der Waals surface area contributed by atoms with E-state index in [4.69, 9.17) is 0 Å². The molecule has 0 saturated carbocycles. The zero-order valence-corrected chi connectivity index (χ0v) is 9.83. The van der Waals surface area contributed by atoms with Gasteiger partial charge in [0.2, 0.25) is 0 Å². The molecule has 0 aromatic carbocycles. The van der Waals surface area contributed by atoms with Crippen LogP contribution in [0, 0.1) is 0 Å². The Morgan fingerprint density at radius 3 is 2.35 bits per heavy atom. The molecule has 0 N–H and O–H groups in total. The number of rotatable bonds is 2. The van der Waals surface area contributed by atoms with Gasteiger partial charge in [-0.1, -0.05) is 6.07 Å². The third-order valence-electron chi connectivity index (χ3n) is 3.19. The van der Waals surface area contributed by atoms with Crippen LogP contribution in [0.3, 0.4) is 0 Å². The van der Waals surface area contributed by atoms with Gasteiger partial charge in [-0.3, -0.25) is 9.88 Å². The summed E-state index contributed by atoms with van der Waals surface area (Å²) in [5.74, 6) is 0.326. The Morgan fingerprint density at radius 1 is 1.29 bits per heavy atom. The van der Waals surface area contributed by atoms with E-state index in [0.29, 0.717) is 12.0 Å². The normalized spacial score (nSPS) is 18.5. The number of nitrogens with zero attached hydrogens (tertiary/aromatic N) is 2. The molecule has 0 unspecified atom stereocenters. The quantitative estimate of drug-likeness (QED) is 0.795. The second kappa shape index (κ2) is 4.29. The Kier molecular flexibility index (Phi) is 3.12. The van der Waals surface area contributed by atoms with Gasteiger partial charge in [-0.05, 0) is 25.5 Å². The smallest absolute Gasteiger partial charge is 0.300 e. The van der Waals surface area contributed by atoms with Crippen molar-refractivity contribution in [3.8, 4) is 0 Å². The topological polar surface area (TPSA) is 16.1 Å².